The van der Waals surface area contributed by atoms with Crippen LogP contribution >= 0.6 is 0 Å². The van der Waals surface area contributed by atoms with E-state index in [1.54, 1.807) is 0 Å². The molecule has 128 valence electrons. The maximum atomic E-state index is 6.62. The molecular formula is C21H34N2. The first-order chi connectivity index (χ1) is 9.92. The highest BCUT2D eigenvalue weighted by Gasteiger charge is 2.59. The van der Waals surface area contributed by atoms with Crippen molar-refractivity contribution in [2.75, 3.05) is 0 Å². The highest BCUT2D eigenvalue weighted by molar-refractivity contribution is 5.77. The zero-order chi connectivity index (χ0) is 16.8. The molecular weight excluding hydrogens is 280 g/mol. The molecule has 2 heteroatoms. The Kier molecular flexibility index (Phi) is 5.06. The largest absolute Gasteiger partial charge is 0.309 e. The Bertz CT molecular complexity index is 579. The van der Waals surface area contributed by atoms with Crippen LogP contribution in [0.2, 0.25) is 0 Å². The zero-order valence-electron chi connectivity index (χ0n) is 14.8. The van der Waals surface area contributed by atoms with Crippen LogP contribution in [0.4, 0.5) is 0 Å². The summed E-state index contributed by atoms with van der Waals surface area (Å²) in [7, 11) is 0. The minimum Gasteiger partial charge on any atom is -0.309 e. The van der Waals surface area contributed by atoms with Gasteiger partial charge in [-0.15, -0.1) is 0 Å². The van der Waals surface area contributed by atoms with Gasteiger partial charge >= 0.3 is 0 Å². The molecule has 0 spiro atoms. The highest BCUT2D eigenvalue weighted by atomic mass is 15.0. The van der Waals surface area contributed by atoms with E-state index in [-0.39, 0.29) is 23.7 Å². The van der Waals surface area contributed by atoms with Crippen molar-refractivity contribution in [3.63, 3.8) is 0 Å². The normalized spacial score (nSPS) is 19.7. The molecule has 0 saturated carbocycles. The Morgan fingerprint density at radius 3 is 1.74 bits per heavy atom. The van der Waals surface area contributed by atoms with Crippen LogP contribution in [-0.4, -0.2) is 5.66 Å². The Morgan fingerprint density at radius 1 is 0.826 bits per heavy atom. The fraction of sp³-hybridized carbons (Fsp3) is 0.524. The van der Waals surface area contributed by atoms with Crippen molar-refractivity contribution in [3.05, 3.63) is 54.1 Å². The van der Waals surface area contributed by atoms with E-state index in [0.717, 1.165) is 0 Å². The third kappa shape index (κ3) is 3.02. The molecule has 0 saturated heterocycles. The zero-order valence-corrected chi connectivity index (χ0v) is 14.8. The van der Waals surface area contributed by atoms with Gasteiger partial charge in [0.25, 0.3) is 0 Å². The number of rotatable bonds is 1. The Hall–Kier alpha value is -1.38. The van der Waals surface area contributed by atoms with Crippen molar-refractivity contribution in [2.45, 2.75) is 54.6 Å². The first kappa shape index (κ1) is 19.7. The molecule has 0 atom stereocenters. The van der Waals surface area contributed by atoms with Gasteiger partial charge in [0.15, 0.2) is 0 Å². The number of hydrogen-bond donors (Lipinski definition) is 2. The van der Waals surface area contributed by atoms with Crippen molar-refractivity contribution in [1.82, 2.24) is 0 Å². The quantitative estimate of drug-likeness (QED) is 0.719. The topological polar surface area (TPSA) is 52.0 Å². The van der Waals surface area contributed by atoms with Crippen molar-refractivity contribution >= 4 is 5.57 Å². The molecule has 2 nitrogen and oxygen atoms in total. The van der Waals surface area contributed by atoms with Gasteiger partial charge in [-0.3, -0.25) is 0 Å². The molecule has 1 aliphatic carbocycles. The predicted molar refractivity (Wildman–Crippen MR) is 103 cm³/mol. The maximum Gasteiger partial charge on any atom is 0.0935 e. The first-order valence-corrected chi connectivity index (χ1v) is 7.98. The summed E-state index contributed by atoms with van der Waals surface area (Å²) in [5.74, 6) is 0. The van der Waals surface area contributed by atoms with Gasteiger partial charge < -0.3 is 11.5 Å². The molecule has 2 rings (SSSR count). The third-order valence-electron chi connectivity index (χ3n) is 5.07. The molecule has 0 heterocycles. The van der Waals surface area contributed by atoms with Crippen molar-refractivity contribution in [1.29, 1.82) is 0 Å². The lowest BCUT2D eigenvalue weighted by molar-refractivity contribution is -0.0357. The van der Waals surface area contributed by atoms with Gasteiger partial charge in [-0.25, -0.2) is 0 Å². The Morgan fingerprint density at radius 2 is 1.30 bits per heavy atom. The molecule has 1 aromatic carbocycles. The SMILES string of the molecule is C.CC(C)(C)C1(C(C)(C)C)C=C(c2ccccc2)C=CC1(N)N. The average molecular weight is 315 g/mol. The van der Waals surface area contributed by atoms with Crippen LogP contribution in [0.25, 0.3) is 5.57 Å². The lowest BCUT2D eigenvalue weighted by Gasteiger charge is -2.60. The number of benzene rings is 1. The third-order valence-corrected chi connectivity index (χ3v) is 5.07. The maximum absolute atomic E-state index is 6.62. The summed E-state index contributed by atoms with van der Waals surface area (Å²) in [4.78, 5) is 0. The molecule has 0 aliphatic heterocycles. The second-order valence-electron chi connectivity index (χ2n) is 8.54. The minimum absolute atomic E-state index is 0. The van der Waals surface area contributed by atoms with Crippen LogP contribution in [0.15, 0.2) is 48.6 Å². The summed E-state index contributed by atoms with van der Waals surface area (Å²) in [5.41, 5.74) is 14.2. The molecule has 0 radical (unpaired) electrons. The summed E-state index contributed by atoms with van der Waals surface area (Å²) in [6.45, 7) is 13.4. The van der Waals surface area contributed by atoms with E-state index in [1.807, 2.05) is 12.1 Å². The minimum atomic E-state index is -0.887. The standard InChI is InChI=1S/C20H30N2.CH4/c1-17(2,3)19(18(4,5)6)14-16(12-13-20(19,21)22)15-10-8-7-9-11-15;/h7-14H,21-22H2,1-6H3;1H4. The van der Waals surface area contributed by atoms with E-state index in [2.05, 4.69) is 78.0 Å². The summed E-state index contributed by atoms with van der Waals surface area (Å²) < 4.78 is 0. The average Bonchev–Trinajstić information content (AvgIpc) is 2.36. The number of nitrogens with two attached hydrogens (primary N) is 2. The van der Waals surface area contributed by atoms with E-state index < -0.39 is 5.66 Å². The summed E-state index contributed by atoms with van der Waals surface area (Å²) in [5, 5.41) is 0. The van der Waals surface area contributed by atoms with Crippen LogP contribution in [0.5, 0.6) is 0 Å². The lowest BCUT2D eigenvalue weighted by atomic mass is 9.47. The fourth-order valence-corrected chi connectivity index (χ4v) is 4.43. The molecule has 23 heavy (non-hydrogen) atoms. The molecule has 0 bridgehead atoms. The van der Waals surface area contributed by atoms with E-state index in [9.17, 15) is 0 Å². The van der Waals surface area contributed by atoms with Crippen molar-refractivity contribution in [3.8, 4) is 0 Å². The van der Waals surface area contributed by atoms with E-state index in [0.29, 0.717) is 0 Å². The molecule has 0 amide bonds. The monoisotopic (exact) mass is 314 g/mol. The van der Waals surface area contributed by atoms with Crippen LogP contribution in [0, 0.1) is 16.2 Å². The predicted octanol–water partition coefficient (Wildman–Crippen LogP) is 4.97. The summed E-state index contributed by atoms with van der Waals surface area (Å²) in [6, 6.07) is 10.4. The highest BCUT2D eigenvalue weighted by Crippen LogP contribution is 2.59. The molecule has 1 aromatic rings. The van der Waals surface area contributed by atoms with Gasteiger partial charge in [0.2, 0.25) is 0 Å². The Balaban J connectivity index is 0.00000264. The van der Waals surface area contributed by atoms with Crippen LogP contribution in [0.3, 0.4) is 0 Å². The van der Waals surface area contributed by atoms with E-state index in [4.69, 9.17) is 11.5 Å². The molecule has 0 unspecified atom stereocenters. The van der Waals surface area contributed by atoms with Gasteiger partial charge in [0.1, 0.15) is 0 Å². The summed E-state index contributed by atoms with van der Waals surface area (Å²) >= 11 is 0. The fourth-order valence-electron chi connectivity index (χ4n) is 4.43. The Labute approximate surface area is 142 Å². The number of allylic oxidation sites excluding steroid dienone is 2. The van der Waals surface area contributed by atoms with Crippen LogP contribution in [-0.2, 0) is 0 Å². The smallest absolute Gasteiger partial charge is 0.0935 e. The van der Waals surface area contributed by atoms with E-state index >= 15 is 0 Å². The number of hydrogen-bond acceptors (Lipinski definition) is 2. The van der Waals surface area contributed by atoms with Gasteiger partial charge in [0, 0.05) is 5.41 Å². The van der Waals surface area contributed by atoms with Crippen LogP contribution < -0.4 is 11.5 Å². The van der Waals surface area contributed by atoms with Gasteiger partial charge in [-0.2, -0.15) is 0 Å². The molecule has 4 N–H and O–H groups in total. The lowest BCUT2D eigenvalue weighted by Crippen LogP contribution is -2.70. The first-order valence-electron chi connectivity index (χ1n) is 7.98. The molecule has 0 aromatic heterocycles. The van der Waals surface area contributed by atoms with Gasteiger partial charge in [-0.05, 0) is 28.0 Å². The second kappa shape index (κ2) is 5.92. The van der Waals surface area contributed by atoms with Gasteiger partial charge in [-0.1, -0.05) is 91.5 Å². The van der Waals surface area contributed by atoms with Gasteiger partial charge in [0.05, 0.1) is 5.66 Å². The second-order valence-corrected chi connectivity index (χ2v) is 8.54. The molecule has 1 aliphatic rings. The van der Waals surface area contributed by atoms with Crippen molar-refractivity contribution < 1.29 is 0 Å². The van der Waals surface area contributed by atoms with E-state index in [1.165, 1.54) is 11.1 Å². The van der Waals surface area contributed by atoms with Crippen molar-refractivity contribution in [2.24, 2.45) is 27.7 Å². The van der Waals surface area contributed by atoms with Crippen LogP contribution in [0.1, 0.15) is 54.5 Å². The summed E-state index contributed by atoms with van der Waals surface area (Å²) in [6.07, 6.45) is 6.35. The molecule has 0 fully saturated rings.